The minimum absolute atomic E-state index is 0.108. The molecule has 0 aromatic carbocycles. The fourth-order valence-corrected chi connectivity index (χ4v) is 4.31. The van der Waals surface area contributed by atoms with Crippen LogP contribution in [0.15, 0.2) is 5.38 Å². The van der Waals surface area contributed by atoms with E-state index in [1.807, 2.05) is 24.3 Å². The Bertz CT molecular complexity index is 630. The average molecular weight is 381 g/mol. The molecule has 7 nitrogen and oxygen atoms in total. The molecule has 0 bridgehead atoms. The summed E-state index contributed by atoms with van der Waals surface area (Å²) < 4.78 is 5.36. The summed E-state index contributed by atoms with van der Waals surface area (Å²) in [5.41, 5.74) is 0.989. The van der Waals surface area contributed by atoms with Crippen molar-refractivity contribution in [2.24, 2.45) is 5.92 Å². The smallest absolute Gasteiger partial charge is 0.227 e. The van der Waals surface area contributed by atoms with E-state index in [0.717, 1.165) is 43.5 Å². The number of aromatic nitrogens is 1. The summed E-state index contributed by atoms with van der Waals surface area (Å²) in [6, 6.07) is 0. The molecule has 1 atom stereocenters. The van der Waals surface area contributed by atoms with E-state index in [0.29, 0.717) is 32.5 Å². The van der Waals surface area contributed by atoms with Gasteiger partial charge in [0.15, 0.2) is 0 Å². The van der Waals surface area contributed by atoms with E-state index in [-0.39, 0.29) is 17.7 Å². The van der Waals surface area contributed by atoms with Crippen molar-refractivity contribution in [1.82, 2.24) is 19.7 Å². The number of amides is 2. The molecular formula is C18H28N4O3S. The molecule has 3 heterocycles. The van der Waals surface area contributed by atoms with Crippen LogP contribution >= 0.6 is 11.3 Å². The standard InChI is InChI=1S/C18H28N4O3S/c1-14-13-26-16(19-14)12-20(2)18(24)15-3-4-17(23)22(11-15)6-5-21-7-9-25-10-8-21/h13,15H,3-12H2,1-2H3/t15-/m1/s1. The largest absolute Gasteiger partial charge is 0.379 e. The van der Waals surface area contributed by atoms with Crippen LogP contribution in [0.5, 0.6) is 0 Å². The SMILES string of the molecule is Cc1csc(CN(C)C(=O)[C@@H]2CCC(=O)N(CCN3CCOCC3)C2)n1. The van der Waals surface area contributed by atoms with Crippen molar-refractivity contribution < 1.29 is 14.3 Å². The molecule has 0 unspecified atom stereocenters. The second-order valence-electron chi connectivity index (χ2n) is 7.11. The Morgan fingerprint density at radius 1 is 1.38 bits per heavy atom. The number of ether oxygens (including phenoxy) is 1. The molecule has 8 heteroatoms. The lowest BCUT2D eigenvalue weighted by Crippen LogP contribution is -2.49. The summed E-state index contributed by atoms with van der Waals surface area (Å²) in [6.45, 7) is 7.93. The third-order valence-corrected chi connectivity index (χ3v) is 6.01. The number of hydrogen-bond acceptors (Lipinski definition) is 6. The predicted octanol–water partition coefficient (Wildman–Crippen LogP) is 0.981. The highest BCUT2D eigenvalue weighted by Gasteiger charge is 2.32. The van der Waals surface area contributed by atoms with Gasteiger partial charge < -0.3 is 14.5 Å². The lowest BCUT2D eigenvalue weighted by molar-refractivity contribution is -0.142. The highest BCUT2D eigenvalue weighted by atomic mass is 32.1. The first kappa shape index (κ1) is 19.3. The Kier molecular flexibility index (Phi) is 6.61. The zero-order valence-corrected chi connectivity index (χ0v) is 16.5. The normalized spacial score (nSPS) is 21.8. The number of thiazole rings is 1. The van der Waals surface area contributed by atoms with Crippen LogP contribution in [0.2, 0.25) is 0 Å². The minimum atomic E-state index is -0.108. The number of rotatable bonds is 6. The number of nitrogens with zero attached hydrogens (tertiary/aromatic N) is 4. The Labute approximate surface area is 158 Å². The molecule has 2 aliphatic heterocycles. The van der Waals surface area contributed by atoms with Crippen molar-refractivity contribution in [3.63, 3.8) is 0 Å². The van der Waals surface area contributed by atoms with Gasteiger partial charge in [0.1, 0.15) is 5.01 Å². The molecule has 0 N–H and O–H groups in total. The number of carbonyl (C=O) groups is 2. The summed E-state index contributed by atoms with van der Waals surface area (Å²) in [5, 5.41) is 2.95. The van der Waals surface area contributed by atoms with Gasteiger partial charge in [-0.25, -0.2) is 4.98 Å². The first-order valence-corrected chi connectivity index (χ1v) is 10.1. The van der Waals surface area contributed by atoms with E-state index < -0.39 is 0 Å². The monoisotopic (exact) mass is 380 g/mol. The van der Waals surface area contributed by atoms with E-state index in [1.165, 1.54) is 0 Å². The van der Waals surface area contributed by atoms with Gasteiger partial charge in [0.2, 0.25) is 11.8 Å². The lowest BCUT2D eigenvalue weighted by atomic mass is 9.96. The number of aryl methyl sites for hydroxylation is 1. The molecular weight excluding hydrogens is 352 g/mol. The fourth-order valence-electron chi connectivity index (χ4n) is 3.49. The first-order valence-electron chi connectivity index (χ1n) is 9.27. The van der Waals surface area contributed by atoms with Crippen molar-refractivity contribution in [3.05, 3.63) is 16.1 Å². The number of likely N-dealkylation sites (tertiary alicyclic amines) is 1. The molecule has 144 valence electrons. The second-order valence-corrected chi connectivity index (χ2v) is 8.05. The average Bonchev–Trinajstić information content (AvgIpc) is 3.06. The maximum atomic E-state index is 12.8. The van der Waals surface area contributed by atoms with Crippen LogP contribution < -0.4 is 0 Å². The Balaban J connectivity index is 1.50. The van der Waals surface area contributed by atoms with Crippen molar-refractivity contribution in [1.29, 1.82) is 0 Å². The van der Waals surface area contributed by atoms with Crippen LogP contribution in [0.4, 0.5) is 0 Å². The zero-order chi connectivity index (χ0) is 18.5. The quantitative estimate of drug-likeness (QED) is 0.736. The van der Waals surface area contributed by atoms with Crippen LogP contribution in [-0.4, -0.2) is 84.5 Å². The summed E-state index contributed by atoms with van der Waals surface area (Å²) >= 11 is 1.58. The van der Waals surface area contributed by atoms with Gasteiger partial charge in [0.05, 0.1) is 25.7 Å². The van der Waals surface area contributed by atoms with Gasteiger partial charge in [-0.05, 0) is 13.3 Å². The van der Waals surface area contributed by atoms with Crippen LogP contribution in [0.1, 0.15) is 23.5 Å². The van der Waals surface area contributed by atoms with Crippen molar-refractivity contribution in [3.8, 4) is 0 Å². The number of hydrogen-bond donors (Lipinski definition) is 0. The van der Waals surface area contributed by atoms with Gasteiger partial charge in [0.25, 0.3) is 0 Å². The second kappa shape index (κ2) is 8.92. The lowest BCUT2D eigenvalue weighted by Gasteiger charge is -2.35. The fraction of sp³-hybridized carbons (Fsp3) is 0.722. The molecule has 2 fully saturated rings. The van der Waals surface area contributed by atoms with Gasteiger partial charge in [0, 0.05) is 57.3 Å². The predicted molar refractivity (Wildman–Crippen MR) is 99.9 cm³/mol. The van der Waals surface area contributed by atoms with Gasteiger partial charge in [-0.2, -0.15) is 0 Å². The molecule has 26 heavy (non-hydrogen) atoms. The van der Waals surface area contributed by atoms with Crippen LogP contribution in [0.25, 0.3) is 0 Å². The van der Waals surface area contributed by atoms with E-state index >= 15 is 0 Å². The van der Waals surface area contributed by atoms with Crippen molar-refractivity contribution in [2.75, 3.05) is 53.0 Å². The molecule has 3 rings (SSSR count). The van der Waals surface area contributed by atoms with Crippen LogP contribution in [-0.2, 0) is 20.9 Å². The Morgan fingerprint density at radius 3 is 2.85 bits per heavy atom. The maximum Gasteiger partial charge on any atom is 0.227 e. The summed E-state index contributed by atoms with van der Waals surface area (Å²) in [5.74, 6) is 0.172. The Hall–Kier alpha value is -1.51. The molecule has 2 saturated heterocycles. The molecule has 1 aromatic rings. The van der Waals surface area contributed by atoms with E-state index in [2.05, 4.69) is 9.88 Å². The van der Waals surface area contributed by atoms with Crippen LogP contribution in [0.3, 0.4) is 0 Å². The van der Waals surface area contributed by atoms with Crippen molar-refractivity contribution >= 4 is 23.2 Å². The van der Waals surface area contributed by atoms with Crippen LogP contribution in [0, 0.1) is 12.8 Å². The third kappa shape index (κ3) is 5.02. The molecule has 2 aliphatic rings. The summed E-state index contributed by atoms with van der Waals surface area (Å²) in [7, 11) is 1.83. The van der Waals surface area contributed by atoms with Gasteiger partial charge in [-0.3, -0.25) is 14.5 Å². The minimum Gasteiger partial charge on any atom is -0.379 e. The van der Waals surface area contributed by atoms with E-state index in [9.17, 15) is 9.59 Å². The van der Waals surface area contributed by atoms with Gasteiger partial charge >= 0.3 is 0 Å². The highest BCUT2D eigenvalue weighted by molar-refractivity contribution is 7.09. The molecule has 2 amide bonds. The molecule has 1 aromatic heterocycles. The number of carbonyl (C=O) groups excluding carboxylic acids is 2. The zero-order valence-electron chi connectivity index (χ0n) is 15.6. The van der Waals surface area contributed by atoms with E-state index in [1.54, 1.807) is 16.2 Å². The topological polar surface area (TPSA) is 66.0 Å². The Morgan fingerprint density at radius 2 is 2.15 bits per heavy atom. The molecule has 0 spiro atoms. The van der Waals surface area contributed by atoms with Gasteiger partial charge in [-0.1, -0.05) is 0 Å². The molecule has 0 aliphatic carbocycles. The summed E-state index contributed by atoms with van der Waals surface area (Å²) in [4.78, 5) is 35.4. The molecule has 0 saturated carbocycles. The van der Waals surface area contributed by atoms with Crippen molar-refractivity contribution in [2.45, 2.75) is 26.3 Å². The van der Waals surface area contributed by atoms with E-state index in [4.69, 9.17) is 4.74 Å². The third-order valence-electron chi connectivity index (χ3n) is 5.05. The first-order chi connectivity index (χ1) is 12.5. The number of morpholine rings is 1. The summed E-state index contributed by atoms with van der Waals surface area (Å²) in [6.07, 6.45) is 1.11. The molecule has 0 radical (unpaired) electrons. The number of piperidine rings is 1. The highest BCUT2D eigenvalue weighted by Crippen LogP contribution is 2.21. The maximum absolute atomic E-state index is 12.8. The van der Waals surface area contributed by atoms with Gasteiger partial charge in [-0.15, -0.1) is 11.3 Å².